The Bertz CT molecular complexity index is 1290. The van der Waals surface area contributed by atoms with Gasteiger partial charge in [0.05, 0.1) is 6.67 Å². The molecule has 13 heteroatoms. The molecule has 2 amide bonds. The SMILES string of the molecule is C=CC(/C=C\SC)CN1CN(CCCNC(=O)CCC)C(O)c2c(O)c(=O)c(C(=O)NCC(C)/C(P)=C\C(F)=C/C)cn21.CC. The second kappa shape index (κ2) is 21.0. The molecule has 1 aromatic rings. The second-order valence-electron chi connectivity index (χ2n) is 10.3. The molecule has 0 spiro atoms. The third-order valence-electron chi connectivity index (χ3n) is 7.01. The number of pyridine rings is 1. The van der Waals surface area contributed by atoms with E-state index in [1.165, 1.54) is 34.8 Å². The Hall–Kier alpha value is -2.92. The molecule has 0 saturated carbocycles. The van der Waals surface area contributed by atoms with E-state index in [-0.39, 0.29) is 42.2 Å². The molecule has 10 nitrogen and oxygen atoms in total. The highest BCUT2D eigenvalue weighted by Gasteiger charge is 2.35. The van der Waals surface area contributed by atoms with Gasteiger partial charge in [-0.05, 0) is 48.7 Å². The Morgan fingerprint density at radius 3 is 2.60 bits per heavy atom. The molecule has 4 atom stereocenters. The minimum Gasteiger partial charge on any atom is -0.503 e. The zero-order chi connectivity index (χ0) is 34.1. The monoisotopic (exact) mass is 667 g/mol. The zero-order valence-electron chi connectivity index (χ0n) is 27.4. The summed E-state index contributed by atoms with van der Waals surface area (Å²) in [6.45, 7) is 14.7. The lowest BCUT2D eigenvalue weighted by Gasteiger charge is -2.43. The fraction of sp³-hybridized carbons (Fsp3) is 0.531. The standard InChI is InChI=1S/C30H45FN5O5PS.C2H6/c1-6-10-25(37)32-12-9-13-34-19-35(17-21(7-2)11-14-43-5)36-18-23(27(38)28(39)26(36)30(34)41)29(40)33-16-20(4)24(42)15-22(31)8-3;1-2/h7-8,11,14-15,18,20-21,30,39,41H,2,6,9-10,12-13,16-17,19,42H2,1,3-5H3,(H,32,37)(H,33,40);1-2H3/b14-11-,22-8+,24-15+;. The van der Waals surface area contributed by atoms with Crippen molar-refractivity contribution in [1.29, 1.82) is 0 Å². The van der Waals surface area contributed by atoms with E-state index in [0.717, 1.165) is 6.42 Å². The molecular formula is C32H51FN5O5PS. The third kappa shape index (κ3) is 12.1. The predicted molar refractivity (Wildman–Crippen MR) is 186 cm³/mol. The number of aromatic nitrogens is 1. The molecule has 0 saturated heterocycles. The van der Waals surface area contributed by atoms with Crippen molar-refractivity contribution in [1.82, 2.24) is 20.2 Å². The molecule has 0 fully saturated rings. The van der Waals surface area contributed by atoms with Crippen LogP contribution in [0.1, 0.15) is 76.2 Å². The summed E-state index contributed by atoms with van der Waals surface area (Å²) in [6.07, 6.45) is 10.1. The van der Waals surface area contributed by atoms with Crippen LogP contribution in [0.15, 0.2) is 58.4 Å². The van der Waals surface area contributed by atoms with Crippen LogP contribution in [-0.2, 0) is 4.79 Å². The first-order chi connectivity index (χ1) is 21.5. The van der Waals surface area contributed by atoms with Crippen LogP contribution < -0.4 is 21.1 Å². The number of aromatic hydroxyl groups is 1. The van der Waals surface area contributed by atoms with Gasteiger partial charge in [0.15, 0.2) is 12.0 Å². The third-order valence-corrected chi connectivity index (χ3v) is 8.18. The number of halogens is 1. The maximum absolute atomic E-state index is 13.6. The van der Waals surface area contributed by atoms with Gasteiger partial charge >= 0.3 is 0 Å². The van der Waals surface area contributed by atoms with Crippen LogP contribution in [0.3, 0.4) is 0 Å². The number of aliphatic hydroxyl groups excluding tert-OH is 1. The molecule has 252 valence electrons. The lowest BCUT2D eigenvalue weighted by atomic mass is 10.1. The van der Waals surface area contributed by atoms with E-state index in [1.807, 2.05) is 43.5 Å². The van der Waals surface area contributed by atoms with Gasteiger partial charge in [0.2, 0.25) is 11.3 Å². The summed E-state index contributed by atoms with van der Waals surface area (Å²) in [5.74, 6) is -2.23. The molecular weight excluding hydrogens is 616 g/mol. The molecule has 45 heavy (non-hydrogen) atoms. The molecule has 2 rings (SSSR count). The smallest absolute Gasteiger partial charge is 0.257 e. The topological polar surface area (TPSA) is 127 Å². The van der Waals surface area contributed by atoms with Crippen LogP contribution in [0.4, 0.5) is 4.39 Å². The van der Waals surface area contributed by atoms with E-state index < -0.39 is 29.1 Å². The van der Waals surface area contributed by atoms with Gasteiger partial charge in [0, 0.05) is 44.7 Å². The highest BCUT2D eigenvalue weighted by atomic mass is 32.2. The molecule has 1 aromatic heterocycles. The first-order valence-corrected chi connectivity index (χ1v) is 17.2. The Labute approximate surface area is 273 Å². The Morgan fingerprint density at radius 1 is 1.31 bits per heavy atom. The number of allylic oxidation sites excluding steroid dienone is 3. The maximum atomic E-state index is 13.6. The number of amides is 2. The highest BCUT2D eigenvalue weighted by Crippen LogP contribution is 2.30. The number of nitrogens with zero attached hydrogens (tertiary/aromatic N) is 3. The van der Waals surface area contributed by atoms with Gasteiger partial charge in [0.25, 0.3) is 5.91 Å². The molecule has 4 unspecified atom stereocenters. The average Bonchev–Trinajstić information content (AvgIpc) is 3.03. The average molecular weight is 668 g/mol. The van der Waals surface area contributed by atoms with Gasteiger partial charge in [-0.1, -0.05) is 45.9 Å². The molecule has 0 aliphatic carbocycles. The lowest BCUT2D eigenvalue weighted by molar-refractivity contribution is -0.121. The van der Waals surface area contributed by atoms with Gasteiger partial charge in [-0.3, -0.25) is 29.0 Å². The number of carbonyl (C=O) groups is 2. The van der Waals surface area contributed by atoms with Crippen LogP contribution in [0.2, 0.25) is 0 Å². The molecule has 1 aliphatic rings. The van der Waals surface area contributed by atoms with E-state index in [9.17, 15) is 29.0 Å². The number of nitrogens with one attached hydrogen (secondary N) is 2. The summed E-state index contributed by atoms with van der Waals surface area (Å²) in [7, 11) is 2.45. The van der Waals surface area contributed by atoms with E-state index in [0.29, 0.717) is 37.8 Å². The van der Waals surface area contributed by atoms with Crippen LogP contribution in [-0.4, -0.2) is 70.7 Å². The number of hydrogen-bond acceptors (Lipinski definition) is 8. The van der Waals surface area contributed by atoms with Crippen molar-refractivity contribution in [2.24, 2.45) is 11.8 Å². The molecule has 4 N–H and O–H groups in total. The van der Waals surface area contributed by atoms with Crippen LogP contribution in [0.25, 0.3) is 0 Å². The normalized spacial score (nSPS) is 16.8. The summed E-state index contributed by atoms with van der Waals surface area (Å²) in [6, 6.07) is 0. The zero-order valence-corrected chi connectivity index (χ0v) is 29.4. The maximum Gasteiger partial charge on any atom is 0.257 e. The minimum absolute atomic E-state index is 0.0395. The van der Waals surface area contributed by atoms with Crippen molar-refractivity contribution in [3.05, 3.63) is 75.1 Å². The van der Waals surface area contributed by atoms with Crippen molar-refractivity contribution in [2.45, 2.75) is 60.1 Å². The van der Waals surface area contributed by atoms with Crippen molar-refractivity contribution < 1.29 is 24.2 Å². The summed E-state index contributed by atoms with van der Waals surface area (Å²) < 4.78 is 15.1. The fourth-order valence-corrected chi connectivity index (χ4v) is 5.05. The van der Waals surface area contributed by atoms with Crippen molar-refractivity contribution in [3.8, 4) is 5.75 Å². The van der Waals surface area contributed by atoms with Crippen molar-refractivity contribution >= 4 is 32.8 Å². The van der Waals surface area contributed by atoms with E-state index in [2.05, 4.69) is 26.5 Å². The van der Waals surface area contributed by atoms with Crippen molar-refractivity contribution in [3.63, 3.8) is 0 Å². The van der Waals surface area contributed by atoms with Crippen molar-refractivity contribution in [2.75, 3.05) is 44.1 Å². The second-order valence-corrected chi connectivity index (χ2v) is 11.7. The van der Waals surface area contributed by atoms with E-state index in [4.69, 9.17) is 0 Å². The molecule has 1 aliphatic heterocycles. The molecule has 0 radical (unpaired) electrons. The summed E-state index contributed by atoms with van der Waals surface area (Å²) >= 11 is 1.54. The summed E-state index contributed by atoms with van der Waals surface area (Å²) in [4.78, 5) is 39.9. The minimum atomic E-state index is -1.33. The molecule has 2 heterocycles. The lowest BCUT2D eigenvalue weighted by Crippen LogP contribution is -2.54. The van der Waals surface area contributed by atoms with Gasteiger partial charge < -0.3 is 20.8 Å². The van der Waals surface area contributed by atoms with Gasteiger partial charge in [-0.2, -0.15) is 0 Å². The molecule has 0 aromatic carbocycles. The first kappa shape index (κ1) is 40.1. The van der Waals surface area contributed by atoms with Gasteiger partial charge in [0.1, 0.15) is 17.1 Å². The first-order valence-electron chi connectivity index (χ1n) is 15.3. The quantitative estimate of drug-likeness (QED) is 0.0861. The Balaban J connectivity index is 0.00000496. The Kier molecular flexibility index (Phi) is 18.7. The number of rotatable bonds is 16. The van der Waals surface area contributed by atoms with E-state index in [1.54, 1.807) is 24.8 Å². The van der Waals surface area contributed by atoms with E-state index >= 15 is 0 Å². The summed E-state index contributed by atoms with van der Waals surface area (Å²) in [5.41, 5.74) is -1.25. The number of hydrogen-bond donors (Lipinski definition) is 4. The number of fused-ring (bicyclic) bond motifs is 1. The largest absolute Gasteiger partial charge is 0.503 e. The van der Waals surface area contributed by atoms with Crippen LogP contribution in [0, 0.1) is 11.8 Å². The van der Waals surface area contributed by atoms with Gasteiger partial charge in [-0.25, -0.2) is 4.39 Å². The Morgan fingerprint density at radius 2 is 2.00 bits per heavy atom. The number of carbonyl (C=O) groups excluding carboxylic acids is 2. The fourth-order valence-electron chi connectivity index (χ4n) is 4.41. The van der Waals surface area contributed by atoms with Crippen LogP contribution in [0.5, 0.6) is 5.75 Å². The van der Waals surface area contributed by atoms with Gasteiger partial charge in [-0.15, -0.1) is 27.6 Å². The predicted octanol–water partition coefficient (Wildman–Crippen LogP) is 4.77. The summed E-state index contributed by atoms with van der Waals surface area (Å²) in [5, 5.41) is 32.2. The molecule has 0 bridgehead atoms. The highest BCUT2D eigenvalue weighted by molar-refractivity contribution is 8.01. The van der Waals surface area contributed by atoms with Crippen LogP contribution >= 0.6 is 21.0 Å². The number of thioether (sulfide) groups is 1. The number of aliphatic hydroxyl groups is 1.